The number of hydrogen-bond acceptors (Lipinski definition) is 0. The van der Waals surface area contributed by atoms with Crippen LogP contribution >= 0.6 is 0 Å². The van der Waals surface area contributed by atoms with Crippen LogP contribution in [0.1, 0.15) is 13.3 Å². The summed E-state index contributed by atoms with van der Waals surface area (Å²) in [5, 5.41) is 0. The minimum absolute atomic E-state index is 1.09. The molecule has 0 saturated carbocycles. The third-order valence-corrected chi connectivity index (χ3v) is 2.47. The van der Waals surface area contributed by atoms with E-state index < -0.39 is 0 Å². The number of fused-ring (bicyclic) bond motifs is 1. The monoisotopic (exact) mass is 182 g/mol. The Kier molecular flexibility index (Phi) is 2.64. The van der Waals surface area contributed by atoms with Gasteiger partial charge in [-0.05, 0) is 23.1 Å². The summed E-state index contributed by atoms with van der Waals surface area (Å²) in [5.41, 5.74) is 3.95. The van der Waals surface area contributed by atoms with E-state index in [2.05, 4.69) is 61.6 Å². The minimum Gasteiger partial charge on any atom is -0.0622 e. The third kappa shape index (κ3) is 1.85. The highest BCUT2D eigenvalue weighted by Crippen LogP contribution is 2.21. The Morgan fingerprint density at radius 3 is 2.50 bits per heavy atom. The summed E-state index contributed by atoms with van der Waals surface area (Å²) >= 11 is 0. The molecule has 0 heterocycles. The maximum absolute atomic E-state index is 2.20. The Bertz CT molecular complexity index is 396. The highest BCUT2D eigenvalue weighted by Gasteiger charge is 2.01. The zero-order valence-electron chi connectivity index (χ0n) is 8.40. The van der Waals surface area contributed by atoms with Gasteiger partial charge in [0.25, 0.3) is 0 Å². The second kappa shape index (κ2) is 4.10. The molecule has 0 amide bonds. The summed E-state index contributed by atoms with van der Waals surface area (Å²) in [5.74, 6) is 0. The van der Waals surface area contributed by atoms with Crippen molar-refractivity contribution in [3.63, 3.8) is 0 Å². The Labute approximate surface area is 85.3 Å². The summed E-state index contributed by atoms with van der Waals surface area (Å²) in [7, 11) is 0. The molecule has 0 unspecified atom stereocenters. The molecule has 70 valence electrons. The summed E-state index contributed by atoms with van der Waals surface area (Å²) in [6, 6.07) is 0. The van der Waals surface area contributed by atoms with Crippen molar-refractivity contribution in [1.82, 2.24) is 0 Å². The average molecular weight is 182 g/mol. The van der Waals surface area contributed by atoms with Gasteiger partial charge in [-0.1, -0.05) is 61.6 Å². The van der Waals surface area contributed by atoms with Crippen molar-refractivity contribution in [3.05, 3.63) is 71.4 Å². The van der Waals surface area contributed by atoms with Crippen LogP contribution in [0.5, 0.6) is 0 Å². The molecule has 2 aliphatic carbocycles. The van der Waals surface area contributed by atoms with Crippen LogP contribution in [0.15, 0.2) is 71.4 Å². The van der Waals surface area contributed by atoms with Crippen LogP contribution < -0.4 is 0 Å². The quantitative estimate of drug-likeness (QED) is 0.577. The topological polar surface area (TPSA) is 0 Å². The van der Waals surface area contributed by atoms with Crippen LogP contribution in [0.2, 0.25) is 0 Å². The molecule has 14 heavy (non-hydrogen) atoms. The molecule has 0 N–H and O–H groups in total. The van der Waals surface area contributed by atoms with E-state index in [-0.39, 0.29) is 0 Å². The van der Waals surface area contributed by atoms with Crippen LogP contribution in [-0.4, -0.2) is 0 Å². The molecule has 0 aromatic heterocycles. The van der Waals surface area contributed by atoms with Gasteiger partial charge in [-0.2, -0.15) is 0 Å². The maximum Gasteiger partial charge on any atom is -0.0184 e. The van der Waals surface area contributed by atoms with E-state index in [9.17, 15) is 0 Å². The lowest BCUT2D eigenvalue weighted by Gasteiger charge is -1.98. The van der Waals surface area contributed by atoms with Gasteiger partial charge in [-0.3, -0.25) is 0 Å². The number of allylic oxidation sites excluding steroid dienone is 12. The third-order valence-electron chi connectivity index (χ3n) is 2.47. The van der Waals surface area contributed by atoms with Crippen LogP contribution in [0.25, 0.3) is 0 Å². The van der Waals surface area contributed by atoms with E-state index in [1.165, 1.54) is 16.7 Å². The molecular weight excluding hydrogens is 168 g/mol. The number of rotatable bonds is 1. The standard InChI is InChI=1S/C14H14/c1-2-12-8-10-13-6-4-3-5-7-14(13)11-9-12/h3-11H,2H2,1H3. The van der Waals surface area contributed by atoms with Crippen molar-refractivity contribution in [2.75, 3.05) is 0 Å². The van der Waals surface area contributed by atoms with E-state index in [1.807, 2.05) is 0 Å². The van der Waals surface area contributed by atoms with Gasteiger partial charge in [-0.15, -0.1) is 0 Å². The Hall–Kier alpha value is -1.56. The van der Waals surface area contributed by atoms with Gasteiger partial charge in [0.15, 0.2) is 0 Å². The Morgan fingerprint density at radius 1 is 0.786 bits per heavy atom. The second-order valence-electron chi connectivity index (χ2n) is 3.42. The predicted octanol–water partition coefficient (Wildman–Crippen LogP) is 3.87. The molecule has 0 aliphatic heterocycles. The highest BCUT2D eigenvalue weighted by molar-refractivity contribution is 5.55. The molecule has 0 aromatic carbocycles. The van der Waals surface area contributed by atoms with Crippen molar-refractivity contribution in [3.8, 4) is 0 Å². The van der Waals surface area contributed by atoms with Crippen molar-refractivity contribution in [2.24, 2.45) is 0 Å². The summed E-state index contributed by atoms with van der Waals surface area (Å²) in [6.07, 6.45) is 20.4. The van der Waals surface area contributed by atoms with E-state index in [1.54, 1.807) is 0 Å². The van der Waals surface area contributed by atoms with Crippen molar-refractivity contribution < 1.29 is 0 Å². The van der Waals surface area contributed by atoms with Crippen LogP contribution in [0, 0.1) is 0 Å². The SMILES string of the molecule is CCC1=CC=C2C=CC=CC=C2C=C1. The molecule has 0 saturated heterocycles. The van der Waals surface area contributed by atoms with E-state index in [4.69, 9.17) is 0 Å². The minimum atomic E-state index is 1.09. The smallest absolute Gasteiger partial charge is 0.0184 e. The average Bonchev–Trinajstić information content (AvgIpc) is 2.51. The van der Waals surface area contributed by atoms with Crippen LogP contribution in [-0.2, 0) is 0 Å². The first kappa shape index (κ1) is 9.01. The van der Waals surface area contributed by atoms with Crippen molar-refractivity contribution in [1.29, 1.82) is 0 Å². The summed E-state index contributed by atoms with van der Waals surface area (Å²) in [4.78, 5) is 0. The van der Waals surface area contributed by atoms with Crippen molar-refractivity contribution >= 4 is 0 Å². The summed E-state index contributed by atoms with van der Waals surface area (Å²) < 4.78 is 0. The van der Waals surface area contributed by atoms with Gasteiger partial charge in [-0.25, -0.2) is 0 Å². The predicted molar refractivity (Wildman–Crippen MR) is 62.0 cm³/mol. The molecule has 0 nitrogen and oxygen atoms in total. The van der Waals surface area contributed by atoms with Gasteiger partial charge in [0.2, 0.25) is 0 Å². The first-order valence-corrected chi connectivity index (χ1v) is 5.04. The van der Waals surface area contributed by atoms with Crippen LogP contribution in [0.4, 0.5) is 0 Å². The van der Waals surface area contributed by atoms with Gasteiger partial charge in [0.1, 0.15) is 0 Å². The fourth-order valence-electron chi connectivity index (χ4n) is 1.56. The Morgan fingerprint density at radius 2 is 1.64 bits per heavy atom. The van der Waals surface area contributed by atoms with E-state index in [0.717, 1.165) is 6.42 Å². The number of hydrogen-bond donors (Lipinski definition) is 0. The molecule has 0 atom stereocenters. The molecule has 2 aliphatic rings. The fourth-order valence-corrected chi connectivity index (χ4v) is 1.56. The molecular formula is C14H14. The largest absolute Gasteiger partial charge is 0.0622 e. The first-order chi connectivity index (χ1) is 6.90. The highest BCUT2D eigenvalue weighted by atomic mass is 14.1. The zero-order chi connectivity index (χ0) is 9.80. The second-order valence-corrected chi connectivity index (χ2v) is 3.42. The molecule has 0 radical (unpaired) electrons. The van der Waals surface area contributed by atoms with E-state index >= 15 is 0 Å². The lowest BCUT2D eigenvalue weighted by atomic mass is 10.1. The normalized spacial score (nSPS) is 19.1. The molecule has 0 bridgehead atoms. The lowest BCUT2D eigenvalue weighted by Crippen LogP contribution is -1.79. The lowest BCUT2D eigenvalue weighted by molar-refractivity contribution is 1.15. The van der Waals surface area contributed by atoms with Gasteiger partial charge < -0.3 is 0 Å². The zero-order valence-corrected chi connectivity index (χ0v) is 8.40. The van der Waals surface area contributed by atoms with Gasteiger partial charge in [0, 0.05) is 0 Å². The van der Waals surface area contributed by atoms with Crippen molar-refractivity contribution in [2.45, 2.75) is 13.3 Å². The molecule has 2 rings (SSSR count). The van der Waals surface area contributed by atoms with Gasteiger partial charge >= 0.3 is 0 Å². The molecule has 0 heteroatoms. The molecule has 0 aromatic rings. The Balaban J connectivity index is 2.41. The first-order valence-electron chi connectivity index (χ1n) is 5.04. The van der Waals surface area contributed by atoms with E-state index in [0.29, 0.717) is 0 Å². The molecule has 0 spiro atoms. The van der Waals surface area contributed by atoms with Crippen LogP contribution in [0.3, 0.4) is 0 Å². The summed E-state index contributed by atoms with van der Waals surface area (Å²) in [6.45, 7) is 2.18. The fraction of sp³-hybridized carbons (Fsp3) is 0.143. The van der Waals surface area contributed by atoms with Gasteiger partial charge in [0.05, 0.1) is 0 Å². The maximum atomic E-state index is 2.20. The molecule has 0 fully saturated rings.